The molecule has 1 N–H and O–H groups in total. The summed E-state index contributed by atoms with van der Waals surface area (Å²) in [6.45, 7) is 4.57. The number of methoxy groups -OCH3 is 1. The lowest BCUT2D eigenvalue weighted by atomic mass is 10.3. The van der Waals surface area contributed by atoms with Crippen LogP contribution in [-0.4, -0.2) is 70.6 Å². The third kappa shape index (κ3) is 2.65. The Morgan fingerprint density at radius 1 is 1.36 bits per heavy atom. The average Bonchev–Trinajstić information content (AvgIpc) is 2.89. The lowest BCUT2D eigenvalue weighted by Gasteiger charge is -2.31. The van der Waals surface area contributed by atoms with Crippen molar-refractivity contribution in [3.8, 4) is 5.75 Å². The number of rotatable bonds is 4. The number of pyridine rings is 1. The first-order valence-electron chi connectivity index (χ1n) is 7.28. The Morgan fingerprint density at radius 2 is 2.09 bits per heavy atom. The smallest absolute Gasteiger partial charge is 0.356 e. The maximum Gasteiger partial charge on any atom is 0.356 e. The number of aromatic nitrogens is 2. The molecule has 1 fully saturated rings. The molecule has 7 heteroatoms. The van der Waals surface area contributed by atoms with Crippen LogP contribution >= 0.6 is 0 Å². The van der Waals surface area contributed by atoms with Crippen LogP contribution in [0.25, 0.3) is 5.52 Å². The fraction of sp³-hybridized carbons (Fsp3) is 0.467. The summed E-state index contributed by atoms with van der Waals surface area (Å²) < 4.78 is 7.11. The largest absolute Gasteiger partial charge is 0.494 e. The zero-order valence-electron chi connectivity index (χ0n) is 12.8. The minimum atomic E-state index is -1.04. The van der Waals surface area contributed by atoms with E-state index in [4.69, 9.17) is 4.74 Å². The predicted octanol–water partition coefficient (Wildman–Crippen LogP) is 0.789. The lowest BCUT2D eigenvalue weighted by Crippen LogP contribution is -2.44. The van der Waals surface area contributed by atoms with Gasteiger partial charge >= 0.3 is 5.97 Å². The quantitative estimate of drug-likeness (QED) is 0.900. The number of carbonyl (C=O) groups is 1. The van der Waals surface area contributed by atoms with Crippen molar-refractivity contribution in [2.75, 3.05) is 40.3 Å². The molecule has 22 heavy (non-hydrogen) atoms. The third-order valence-corrected chi connectivity index (χ3v) is 4.08. The van der Waals surface area contributed by atoms with E-state index in [2.05, 4.69) is 21.8 Å². The molecule has 3 heterocycles. The molecule has 0 unspecified atom stereocenters. The van der Waals surface area contributed by atoms with E-state index in [1.54, 1.807) is 6.07 Å². The molecular weight excluding hydrogens is 284 g/mol. The second-order valence-corrected chi connectivity index (χ2v) is 5.56. The Hall–Kier alpha value is -2.12. The predicted molar refractivity (Wildman–Crippen MR) is 81.5 cm³/mol. The molecule has 3 rings (SSSR count). The van der Waals surface area contributed by atoms with Gasteiger partial charge in [-0.3, -0.25) is 9.30 Å². The van der Waals surface area contributed by atoms with E-state index in [0.29, 0.717) is 17.8 Å². The molecule has 118 valence electrons. The molecule has 0 aliphatic carbocycles. The van der Waals surface area contributed by atoms with Crippen molar-refractivity contribution < 1.29 is 14.6 Å². The van der Waals surface area contributed by atoms with Crippen LogP contribution in [-0.2, 0) is 6.54 Å². The van der Waals surface area contributed by atoms with Gasteiger partial charge in [0.05, 0.1) is 13.7 Å². The first kappa shape index (κ1) is 14.8. The van der Waals surface area contributed by atoms with Crippen LogP contribution in [0, 0.1) is 0 Å². The SMILES string of the molecule is COc1cccn2c(CN3CCN(C)CC3)nc(C(=O)O)c12. The first-order chi connectivity index (χ1) is 10.6. The Bertz CT molecular complexity index is 689. The van der Waals surface area contributed by atoms with Gasteiger partial charge in [-0.2, -0.15) is 0 Å². The molecule has 1 aliphatic rings. The van der Waals surface area contributed by atoms with Gasteiger partial charge in [0, 0.05) is 32.4 Å². The number of carboxylic acid groups (broad SMARTS) is 1. The molecule has 2 aromatic rings. The monoisotopic (exact) mass is 304 g/mol. The highest BCUT2D eigenvalue weighted by Gasteiger charge is 2.22. The highest BCUT2D eigenvalue weighted by molar-refractivity contribution is 5.95. The number of hydrogen-bond acceptors (Lipinski definition) is 5. The Balaban J connectivity index is 1.98. The van der Waals surface area contributed by atoms with Crippen LogP contribution in [0.3, 0.4) is 0 Å². The van der Waals surface area contributed by atoms with Crippen molar-refractivity contribution in [1.82, 2.24) is 19.2 Å². The number of nitrogens with zero attached hydrogens (tertiary/aromatic N) is 4. The maximum absolute atomic E-state index is 11.5. The molecule has 1 saturated heterocycles. The second-order valence-electron chi connectivity index (χ2n) is 5.56. The number of piperazine rings is 1. The van der Waals surface area contributed by atoms with E-state index < -0.39 is 5.97 Å². The van der Waals surface area contributed by atoms with Crippen molar-refractivity contribution in [1.29, 1.82) is 0 Å². The Kier molecular flexibility index (Phi) is 4.00. The van der Waals surface area contributed by atoms with Gasteiger partial charge in [0.2, 0.25) is 0 Å². The molecule has 0 atom stereocenters. The van der Waals surface area contributed by atoms with Gasteiger partial charge in [-0.1, -0.05) is 0 Å². The van der Waals surface area contributed by atoms with Gasteiger partial charge in [0.15, 0.2) is 5.69 Å². The van der Waals surface area contributed by atoms with E-state index >= 15 is 0 Å². The number of carboxylic acids is 1. The van der Waals surface area contributed by atoms with Crippen molar-refractivity contribution in [3.63, 3.8) is 0 Å². The Labute approximate surface area is 128 Å². The van der Waals surface area contributed by atoms with Crippen LogP contribution in [0.2, 0.25) is 0 Å². The minimum Gasteiger partial charge on any atom is -0.494 e. The summed E-state index contributed by atoms with van der Waals surface area (Å²) in [6.07, 6.45) is 1.84. The lowest BCUT2D eigenvalue weighted by molar-refractivity contribution is 0.0692. The van der Waals surface area contributed by atoms with Gasteiger partial charge in [-0.15, -0.1) is 0 Å². The van der Waals surface area contributed by atoms with Crippen LogP contribution in [0.15, 0.2) is 18.3 Å². The van der Waals surface area contributed by atoms with Gasteiger partial charge in [0.1, 0.15) is 17.1 Å². The summed E-state index contributed by atoms with van der Waals surface area (Å²) in [4.78, 5) is 20.4. The molecule has 0 radical (unpaired) electrons. The standard InChI is InChI=1S/C15H20N4O3/c1-17-6-8-18(9-7-17)10-12-16-13(15(20)21)14-11(22-2)4-3-5-19(12)14/h3-5H,6-10H2,1-2H3,(H,20,21). The van der Waals surface area contributed by atoms with Gasteiger partial charge in [-0.25, -0.2) is 9.78 Å². The van der Waals surface area contributed by atoms with E-state index in [9.17, 15) is 9.90 Å². The molecule has 2 aromatic heterocycles. The number of aromatic carboxylic acids is 1. The molecule has 1 aliphatic heterocycles. The highest BCUT2D eigenvalue weighted by Crippen LogP contribution is 2.25. The molecule has 0 aromatic carbocycles. The maximum atomic E-state index is 11.5. The summed E-state index contributed by atoms with van der Waals surface area (Å²) in [5.74, 6) is 0.222. The van der Waals surface area contributed by atoms with Crippen molar-refractivity contribution >= 4 is 11.5 Å². The molecule has 0 saturated carbocycles. The molecule has 0 bridgehead atoms. The summed E-state index contributed by atoms with van der Waals surface area (Å²) in [6, 6.07) is 3.59. The average molecular weight is 304 g/mol. The first-order valence-corrected chi connectivity index (χ1v) is 7.28. The Morgan fingerprint density at radius 3 is 2.73 bits per heavy atom. The number of likely N-dealkylation sites (N-methyl/N-ethyl adjacent to an activating group) is 1. The molecule has 7 nitrogen and oxygen atoms in total. The van der Waals surface area contributed by atoms with Gasteiger partial charge in [-0.05, 0) is 19.2 Å². The number of fused-ring (bicyclic) bond motifs is 1. The van der Waals surface area contributed by atoms with Crippen LogP contribution in [0.1, 0.15) is 16.3 Å². The third-order valence-electron chi connectivity index (χ3n) is 4.08. The van der Waals surface area contributed by atoms with E-state index in [0.717, 1.165) is 32.0 Å². The van der Waals surface area contributed by atoms with Gasteiger partial charge < -0.3 is 14.7 Å². The van der Waals surface area contributed by atoms with Crippen molar-refractivity contribution in [3.05, 3.63) is 29.8 Å². The van der Waals surface area contributed by atoms with Crippen molar-refractivity contribution in [2.45, 2.75) is 6.54 Å². The topological polar surface area (TPSA) is 70.3 Å². The second kappa shape index (κ2) is 5.94. The fourth-order valence-electron chi connectivity index (χ4n) is 2.80. The van der Waals surface area contributed by atoms with E-state index in [1.807, 2.05) is 16.7 Å². The molecule has 0 spiro atoms. The summed E-state index contributed by atoms with van der Waals surface area (Å²) in [5.41, 5.74) is 0.559. The molecule has 0 amide bonds. The van der Waals surface area contributed by atoms with E-state index in [-0.39, 0.29) is 5.69 Å². The minimum absolute atomic E-state index is 0.0431. The summed E-state index contributed by atoms with van der Waals surface area (Å²) >= 11 is 0. The number of hydrogen-bond donors (Lipinski definition) is 1. The van der Waals surface area contributed by atoms with Crippen LogP contribution in [0.4, 0.5) is 0 Å². The van der Waals surface area contributed by atoms with Crippen LogP contribution in [0.5, 0.6) is 5.75 Å². The van der Waals surface area contributed by atoms with Crippen molar-refractivity contribution in [2.24, 2.45) is 0 Å². The number of imidazole rings is 1. The zero-order valence-corrected chi connectivity index (χ0v) is 12.8. The normalized spacial score (nSPS) is 17.0. The van der Waals surface area contributed by atoms with Gasteiger partial charge in [0.25, 0.3) is 0 Å². The summed E-state index contributed by atoms with van der Waals surface area (Å²) in [5, 5.41) is 9.41. The molecular formula is C15H20N4O3. The number of ether oxygens (including phenoxy) is 1. The van der Waals surface area contributed by atoms with Crippen LogP contribution < -0.4 is 4.74 Å². The fourth-order valence-corrected chi connectivity index (χ4v) is 2.80. The zero-order chi connectivity index (χ0) is 15.7. The summed E-state index contributed by atoms with van der Waals surface area (Å²) in [7, 11) is 3.64. The van der Waals surface area contributed by atoms with E-state index in [1.165, 1.54) is 7.11 Å². The highest BCUT2D eigenvalue weighted by atomic mass is 16.5.